The third-order valence-corrected chi connectivity index (χ3v) is 3.51. The Hall–Kier alpha value is -1.33. The number of pyridine rings is 1. The summed E-state index contributed by atoms with van der Waals surface area (Å²) in [6.45, 7) is 7.19. The van der Waals surface area contributed by atoms with Crippen LogP contribution in [0, 0.1) is 0 Å². The molecule has 1 aliphatic heterocycles. The summed E-state index contributed by atoms with van der Waals surface area (Å²) in [4.78, 5) is 4.24. The highest BCUT2D eigenvalue weighted by Crippen LogP contribution is 2.27. The van der Waals surface area contributed by atoms with Crippen molar-refractivity contribution < 1.29 is 14.2 Å². The Labute approximate surface area is 127 Å². The van der Waals surface area contributed by atoms with Crippen LogP contribution in [0.1, 0.15) is 33.1 Å². The SMILES string of the molecule is CCCCC(Oc1cccnc1OCC)C1CNCCO1. The highest BCUT2D eigenvalue weighted by molar-refractivity contribution is 5.32. The number of morpholine rings is 1. The van der Waals surface area contributed by atoms with Gasteiger partial charge in [0.1, 0.15) is 12.2 Å². The monoisotopic (exact) mass is 294 g/mol. The van der Waals surface area contributed by atoms with Gasteiger partial charge in [-0.15, -0.1) is 0 Å². The normalized spacial score (nSPS) is 20.0. The van der Waals surface area contributed by atoms with Gasteiger partial charge in [0.15, 0.2) is 5.75 Å². The number of nitrogens with zero attached hydrogens (tertiary/aromatic N) is 1. The summed E-state index contributed by atoms with van der Waals surface area (Å²) in [5.41, 5.74) is 0. The Morgan fingerprint density at radius 2 is 2.38 bits per heavy atom. The van der Waals surface area contributed by atoms with Crippen LogP contribution in [0.5, 0.6) is 11.6 Å². The molecule has 1 aromatic rings. The third-order valence-electron chi connectivity index (χ3n) is 3.51. The van der Waals surface area contributed by atoms with Crippen molar-refractivity contribution in [1.82, 2.24) is 10.3 Å². The zero-order chi connectivity index (χ0) is 14.9. The molecule has 0 saturated carbocycles. The van der Waals surface area contributed by atoms with E-state index in [4.69, 9.17) is 14.2 Å². The van der Waals surface area contributed by atoms with E-state index in [0.717, 1.165) is 39.0 Å². The van der Waals surface area contributed by atoms with E-state index in [9.17, 15) is 0 Å². The minimum atomic E-state index is 0.0288. The molecule has 5 heteroatoms. The summed E-state index contributed by atoms with van der Waals surface area (Å²) in [6, 6.07) is 3.78. The molecular weight excluding hydrogens is 268 g/mol. The molecule has 5 nitrogen and oxygen atoms in total. The van der Waals surface area contributed by atoms with Crippen LogP contribution in [-0.2, 0) is 4.74 Å². The standard InChI is InChI=1S/C16H26N2O3/c1-3-5-7-13(15-12-17-10-11-20-15)21-14-8-6-9-18-16(14)19-4-2/h6,8-9,13,15,17H,3-5,7,10-12H2,1-2H3. The van der Waals surface area contributed by atoms with Crippen LogP contribution in [0.2, 0.25) is 0 Å². The Kier molecular flexibility index (Phi) is 6.76. The van der Waals surface area contributed by atoms with Crippen molar-refractivity contribution in [2.45, 2.75) is 45.3 Å². The van der Waals surface area contributed by atoms with Crippen LogP contribution >= 0.6 is 0 Å². The molecule has 1 saturated heterocycles. The first-order valence-corrected chi connectivity index (χ1v) is 7.92. The first-order chi connectivity index (χ1) is 10.3. The second-order valence-corrected chi connectivity index (χ2v) is 5.15. The molecule has 2 atom stereocenters. The molecule has 0 amide bonds. The molecule has 0 bridgehead atoms. The maximum Gasteiger partial charge on any atom is 0.256 e. The number of nitrogens with one attached hydrogen (secondary N) is 1. The molecule has 0 aromatic carbocycles. The summed E-state index contributed by atoms with van der Waals surface area (Å²) >= 11 is 0. The van der Waals surface area contributed by atoms with E-state index in [1.807, 2.05) is 19.1 Å². The molecular formula is C16H26N2O3. The Morgan fingerprint density at radius 3 is 3.10 bits per heavy atom. The number of hydrogen-bond acceptors (Lipinski definition) is 5. The number of rotatable bonds is 8. The van der Waals surface area contributed by atoms with Crippen molar-refractivity contribution >= 4 is 0 Å². The molecule has 2 unspecified atom stereocenters. The van der Waals surface area contributed by atoms with Gasteiger partial charge in [-0.05, 0) is 31.9 Å². The van der Waals surface area contributed by atoms with E-state index in [2.05, 4.69) is 17.2 Å². The maximum atomic E-state index is 6.19. The lowest BCUT2D eigenvalue weighted by Gasteiger charge is -2.31. The van der Waals surface area contributed by atoms with Gasteiger partial charge in [0.2, 0.25) is 0 Å². The van der Waals surface area contributed by atoms with Crippen LogP contribution < -0.4 is 14.8 Å². The number of hydrogen-bond donors (Lipinski definition) is 1. The van der Waals surface area contributed by atoms with Gasteiger partial charge in [-0.3, -0.25) is 0 Å². The third kappa shape index (κ3) is 4.86. The molecule has 1 aromatic heterocycles. The van der Waals surface area contributed by atoms with Gasteiger partial charge in [0.25, 0.3) is 5.88 Å². The molecule has 0 radical (unpaired) electrons. The predicted octanol–water partition coefficient (Wildman–Crippen LogP) is 2.41. The fourth-order valence-corrected chi connectivity index (χ4v) is 2.42. The smallest absolute Gasteiger partial charge is 0.256 e. The van der Waals surface area contributed by atoms with Crippen molar-refractivity contribution in [3.63, 3.8) is 0 Å². The predicted molar refractivity (Wildman–Crippen MR) is 82.0 cm³/mol. The quantitative estimate of drug-likeness (QED) is 0.798. The Bertz CT molecular complexity index is 408. The van der Waals surface area contributed by atoms with Gasteiger partial charge < -0.3 is 19.5 Å². The lowest BCUT2D eigenvalue weighted by atomic mass is 10.1. The highest BCUT2D eigenvalue weighted by Gasteiger charge is 2.26. The van der Waals surface area contributed by atoms with Gasteiger partial charge in [0.05, 0.1) is 13.2 Å². The lowest BCUT2D eigenvalue weighted by Crippen LogP contribution is -2.47. The molecule has 118 valence electrons. The van der Waals surface area contributed by atoms with E-state index >= 15 is 0 Å². The highest BCUT2D eigenvalue weighted by atomic mass is 16.6. The van der Waals surface area contributed by atoms with Crippen molar-refractivity contribution in [2.75, 3.05) is 26.3 Å². The van der Waals surface area contributed by atoms with Gasteiger partial charge in [-0.2, -0.15) is 0 Å². The second kappa shape index (κ2) is 8.85. The van der Waals surface area contributed by atoms with Crippen molar-refractivity contribution in [3.8, 4) is 11.6 Å². The summed E-state index contributed by atoms with van der Waals surface area (Å²) < 4.78 is 17.6. The van der Waals surface area contributed by atoms with E-state index in [-0.39, 0.29) is 12.2 Å². The minimum absolute atomic E-state index is 0.0288. The molecule has 1 aliphatic rings. The molecule has 2 heterocycles. The van der Waals surface area contributed by atoms with Crippen molar-refractivity contribution in [2.24, 2.45) is 0 Å². The maximum absolute atomic E-state index is 6.19. The molecule has 1 fully saturated rings. The topological polar surface area (TPSA) is 52.6 Å². The Morgan fingerprint density at radius 1 is 1.48 bits per heavy atom. The van der Waals surface area contributed by atoms with Gasteiger partial charge >= 0.3 is 0 Å². The first-order valence-electron chi connectivity index (χ1n) is 7.92. The lowest BCUT2D eigenvalue weighted by molar-refractivity contribution is -0.0458. The number of ether oxygens (including phenoxy) is 3. The molecule has 2 rings (SSSR count). The summed E-state index contributed by atoms with van der Waals surface area (Å²) in [7, 11) is 0. The second-order valence-electron chi connectivity index (χ2n) is 5.15. The summed E-state index contributed by atoms with van der Waals surface area (Å²) in [5, 5.41) is 3.37. The van der Waals surface area contributed by atoms with Crippen LogP contribution in [-0.4, -0.2) is 43.5 Å². The van der Waals surface area contributed by atoms with Crippen LogP contribution in [0.25, 0.3) is 0 Å². The van der Waals surface area contributed by atoms with Crippen LogP contribution in [0.3, 0.4) is 0 Å². The Balaban J connectivity index is 2.06. The molecule has 21 heavy (non-hydrogen) atoms. The van der Waals surface area contributed by atoms with E-state index in [1.54, 1.807) is 6.20 Å². The van der Waals surface area contributed by atoms with Gasteiger partial charge in [0, 0.05) is 19.3 Å². The van der Waals surface area contributed by atoms with Crippen molar-refractivity contribution in [3.05, 3.63) is 18.3 Å². The largest absolute Gasteiger partial charge is 0.482 e. The number of unbranched alkanes of at least 4 members (excludes halogenated alkanes) is 1. The molecule has 0 spiro atoms. The van der Waals surface area contributed by atoms with Gasteiger partial charge in [-0.25, -0.2) is 4.98 Å². The minimum Gasteiger partial charge on any atom is -0.482 e. The first kappa shape index (κ1) is 16.0. The zero-order valence-corrected chi connectivity index (χ0v) is 13.0. The van der Waals surface area contributed by atoms with Crippen LogP contribution in [0.4, 0.5) is 0 Å². The van der Waals surface area contributed by atoms with Gasteiger partial charge in [-0.1, -0.05) is 13.3 Å². The van der Waals surface area contributed by atoms with Crippen molar-refractivity contribution in [1.29, 1.82) is 0 Å². The van der Waals surface area contributed by atoms with E-state index < -0.39 is 0 Å². The van der Waals surface area contributed by atoms with E-state index in [1.165, 1.54) is 0 Å². The van der Waals surface area contributed by atoms with Crippen LogP contribution in [0.15, 0.2) is 18.3 Å². The average Bonchev–Trinajstić information content (AvgIpc) is 2.54. The van der Waals surface area contributed by atoms with E-state index in [0.29, 0.717) is 18.2 Å². The summed E-state index contributed by atoms with van der Waals surface area (Å²) in [6.07, 6.45) is 5.07. The molecule has 0 aliphatic carbocycles. The number of aromatic nitrogens is 1. The fourth-order valence-electron chi connectivity index (χ4n) is 2.42. The zero-order valence-electron chi connectivity index (χ0n) is 13.0. The fraction of sp³-hybridized carbons (Fsp3) is 0.688. The average molecular weight is 294 g/mol. The molecule has 1 N–H and O–H groups in total. The summed E-state index contributed by atoms with van der Waals surface area (Å²) in [5.74, 6) is 1.26.